The molecule has 7 aromatic rings. The van der Waals surface area contributed by atoms with Crippen molar-refractivity contribution < 1.29 is 42.3 Å². The molecule has 0 spiro atoms. The van der Waals surface area contributed by atoms with Gasteiger partial charge in [0.2, 0.25) is 12.0 Å². The maximum absolute atomic E-state index is 14.6. The molecule has 19 heteroatoms. The van der Waals surface area contributed by atoms with Gasteiger partial charge in [0.25, 0.3) is 0 Å². The van der Waals surface area contributed by atoms with Crippen LogP contribution in [-0.4, -0.2) is 144 Å². The molecule has 3 aromatic heterocycles. The molecule has 0 aliphatic carbocycles. The second kappa shape index (κ2) is 23.4. The SMILES string of the molecule is Cc1c(Cl)c2c(Cl)c(C)c1-c1c(-c3ccc(F)cc3)sc3ncnc(c13)O[C@@H](C(=O)OC(C)(C)C)Cc1cc(ccc1OCc1ccnc(-c3ccc(OC[C@@H]4CN(C)CCO4)cc3)n1)OC[C@@H](CN1CCN(C)CC1)O2. The molecule has 0 N–H and O–H groups in total. The minimum absolute atomic E-state index is 0.00630. The van der Waals surface area contributed by atoms with Gasteiger partial charge in [-0.15, -0.1) is 11.3 Å². The monoisotopic (exact) mass is 1110 g/mol. The highest BCUT2D eigenvalue weighted by atomic mass is 35.5. The largest absolute Gasteiger partial charge is 0.491 e. The van der Waals surface area contributed by atoms with E-state index in [1.807, 2.05) is 56.3 Å². The van der Waals surface area contributed by atoms with E-state index in [4.69, 9.17) is 71.3 Å². The van der Waals surface area contributed by atoms with Crippen molar-refractivity contribution in [3.8, 4) is 61.8 Å². The highest BCUT2D eigenvalue weighted by Gasteiger charge is 2.34. The van der Waals surface area contributed by atoms with Crippen LogP contribution in [0.4, 0.5) is 4.39 Å². The van der Waals surface area contributed by atoms with Gasteiger partial charge in [-0.2, -0.15) is 0 Å². The molecule has 3 atom stereocenters. The maximum Gasteiger partial charge on any atom is 0.348 e. The fraction of sp³-hybridized carbons (Fsp3) is 0.397. The maximum atomic E-state index is 14.6. The van der Waals surface area contributed by atoms with E-state index in [1.165, 1.54) is 29.8 Å². The van der Waals surface area contributed by atoms with Gasteiger partial charge in [0.05, 0.1) is 27.7 Å². The number of halogens is 3. The predicted octanol–water partition coefficient (Wildman–Crippen LogP) is 10.6. The number of likely N-dealkylation sites (N-methyl/N-ethyl adjacent to an activating group) is 2. The van der Waals surface area contributed by atoms with E-state index in [9.17, 15) is 9.18 Å². The molecule has 0 unspecified atom stereocenters. The molecule has 0 saturated carbocycles. The number of morpholine rings is 1. The second-order valence-electron chi connectivity index (χ2n) is 20.8. The number of hydrogen-bond donors (Lipinski definition) is 0. The number of aromatic nitrogens is 4. The fourth-order valence-corrected chi connectivity index (χ4v) is 11.4. The van der Waals surface area contributed by atoms with E-state index in [0.717, 1.165) is 55.5 Å². The number of piperazine rings is 1. The van der Waals surface area contributed by atoms with Crippen LogP contribution in [0.1, 0.15) is 43.2 Å². The molecule has 4 aliphatic rings. The third-order valence-corrected chi connectivity index (χ3v) is 15.8. The van der Waals surface area contributed by atoms with Crippen LogP contribution in [0, 0.1) is 19.7 Å². The summed E-state index contributed by atoms with van der Waals surface area (Å²) in [5.74, 6) is 1.62. The van der Waals surface area contributed by atoms with Gasteiger partial charge in [0.15, 0.2) is 11.6 Å². The Hall–Kier alpha value is -6.18. The first-order valence-corrected chi connectivity index (χ1v) is 27.3. The Morgan fingerprint density at radius 3 is 2.30 bits per heavy atom. The van der Waals surface area contributed by atoms with Crippen molar-refractivity contribution in [1.29, 1.82) is 0 Å². The first-order valence-electron chi connectivity index (χ1n) is 25.8. The van der Waals surface area contributed by atoms with Gasteiger partial charge in [-0.3, -0.25) is 4.90 Å². The van der Waals surface area contributed by atoms with Crippen LogP contribution in [0.3, 0.4) is 0 Å². The first kappa shape index (κ1) is 54.2. The highest BCUT2D eigenvalue weighted by molar-refractivity contribution is 7.22. The molecule has 4 aromatic carbocycles. The Kier molecular flexibility index (Phi) is 16.5. The van der Waals surface area contributed by atoms with E-state index in [0.29, 0.717) is 102 Å². The van der Waals surface area contributed by atoms with Crippen molar-refractivity contribution in [2.75, 3.05) is 79.7 Å². The lowest BCUT2D eigenvalue weighted by Crippen LogP contribution is -2.49. The van der Waals surface area contributed by atoms with Crippen molar-refractivity contribution in [3.63, 3.8) is 0 Å². The molecular formula is C58H62Cl2FN7O8S. The Bertz CT molecular complexity index is 3220. The molecule has 77 heavy (non-hydrogen) atoms. The van der Waals surface area contributed by atoms with Crippen molar-refractivity contribution in [2.24, 2.45) is 0 Å². The molecule has 0 radical (unpaired) electrons. The molecule has 2 fully saturated rings. The van der Waals surface area contributed by atoms with Crippen molar-refractivity contribution in [3.05, 3.63) is 124 Å². The Morgan fingerprint density at radius 1 is 0.831 bits per heavy atom. The number of carbonyl (C=O) groups excluding carboxylic acids is 1. The topological polar surface area (TPSA) is 143 Å². The molecule has 2 saturated heterocycles. The lowest BCUT2D eigenvalue weighted by molar-refractivity contribution is -0.163. The minimum Gasteiger partial charge on any atom is -0.491 e. The molecule has 4 aliphatic heterocycles. The number of nitrogens with zero attached hydrogens (tertiary/aromatic N) is 7. The normalized spacial score (nSPS) is 18.8. The average molecular weight is 1110 g/mol. The average Bonchev–Trinajstić information content (AvgIpc) is 3.94. The summed E-state index contributed by atoms with van der Waals surface area (Å²) >= 11 is 16.2. The summed E-state index contributed by atoms with van der Waals surface area (Å²) in [6, 6.07) is 21.2. The van der Waals surface area contributed by atoms with Crippen LogP contribution in [0.15, 0.2) is 85.3 Å². The van der Waals surface area contributed by atoms with Crippen molar-refractivity contribution in [1.82, 2.24) is 34.6 Å². The Balaban J connectivity index is 1.03. The summed E-state index contributed by atoms with van der Waals surface area (Å²) in [5.41, 5.74) is 4.54. The third-order valence-electron chi connectivity index (χ3n) is 13.7. The first-order chi connectivity index (χ1) is 37.0. The Labute approximate surface area is 462 Å². The number of benzene rings is 4. The van der Waals surface area contributed by atoms with Crippen LogP contribution in [0.5, 0.6) is 28.9 Å². The van der Waals surface area contributed by atoms with E-state index in [-0.39, 0.29) is 37.4 Å². The second-order valence-corrected chi connectivity index (χ2v) is 22.5. The van der Waals surface area contributed by atoms with E-state index < -0.39 is 23.8 Å². The summed E-state index contributed by atoms with van der Waals surface area (Å²) in [6.07, 6.45) is 1.26. The van der Waals surface area contributed by atoms with Crippen LogP contribution in [-0.2, 0) is 27.3 Å². The van der Waals surface area contributed by atoms with Crippen LogP contribution >= 0.6 is 34.5 Å². The number of ether oxygens (including phenoxy) is 7. The highest BCUT2D eigenvalue weighted by Crippen LogP contribution is 2.53. The van der Waals surface area contributed by atoms with Gasteiger partial charge < -0.3 is 43.0 Å². The van der Waals surface area contributed by atoms with Gasteiger partial charge in [-0.1, -0.05) is 35.3 Å². The number of carbonyl (C=O) groups is 1. The summed E-state index contributed by atoms with van der Waals surface area (Å²) in [7, 11) is 4.20. The van der Waals surface area contributed by atoms with E-state index in [1.54, 1.807) is 45.2 Å². The van der Waals surface area contributed by atoms with E-state index >= 15 is 0 Å². The van der Waals surface area contributed by atoms with Gasteiger partial charge in [-0.05, 0) is 132 Å². The van der Waals surface area contributed by atoms with Crippen LogP contribution in [0.2, 0.25) is 10.0 Å². The van der Waals surface area contributed by atoms with Gasteiger partial charge >= 0.3 is 5.97 Å². The zero-order chi connectivity index (χ0) is 54.0. The smallest absolute Gasteiger partial charge is 0.348 e. The molecule has 4 bridgehead atoms. The molecular weight excluding hydrogens is 1040 g/mol. The Morgan fingerprint density at radius 2 is 1.57 bits per heavy atom. The van der Waals surface area contributed by atoms with E-state index in [2.05, 4.69) is 33.8 Å². The lowest BCUT2D eigenvalue weighted by atomic mass is 9.92. The van der Waals surface area contributed by atoms with Crippen LogP contribution < -0.4 is 23.7 Å². The lowest BCUT2D eigenvalue weighted by Gasteiger charge is -2.35. The molecule has 11 rings (SSSR count). The quantitative estimate of drug-likeness (QED) is 0.113. The summed E-state index contributed by atoms with van der Waals surface area (Å²) in [4.78, 5) is 41.7. The van der Waals surface area contributed by atoms with Gasteiger partial charge in [0.1, 0.15) is 71.9 Å². The number of rotatable bonds is 11. The van der Waals surface area contributed by atoms with Crippen LogP contribution in [0.25, 0.3) is 43.2 Å². The number of thiophene rings is 1. The van der Waals surface area contributed by atoms with Gasteiger partial charge in [-0.25, -0.2) is 29.1 Å². The summed E-state index contributed by atoms with van der Waals surface area (Å²) < 4.78 is 59.7. The predicted molar refractivity (Wildman–Crippen MR) is 297 cm³/mol. The summed E-state index contributed by atoms with van der Waals surface area (Å²) in [6.45, 7) is 16.3. The number of fused-ring (bicyclic) bond motifs is 7. The molecule has 404 valence electrons. The molecule has 0 amide bonds. The third kappa shape index (κ3) is 12.7. The fourth-order valence-electron chi connectivity index (χ4n) is 9.70. The molecule has 7 heterocycles. The standard InChI is InChI=1S/C58H62Cl2FN7O8S/c1-34-47-35(2)51(60)52(50(34)59)74-44(29-68-22-20-66(6)21-23-68)32-72-42-16-17-45(73-30-40-18-19-62-54(65-40)37-10-14-41(15-11-37)71-31-43-28-67(7)24-25-70-43)38(26-42)27-46(57(69)76-58(3,4)5)75-55-49-48(47)53(77-56(49)64-33-63-55)36-8-12-39(61)13-9-36/h8-19,26,33,43-44,46H,20-25,27-32H2,1-7H3/t43-,44+,46+/m0/s1. The molecule has 15 nitrogen and oxygen atoms in total. The van der Waals surface area contributed by atoms with Crippen molar-refractivity contribution >= 4 is 50.7 Å². The van der Waals surface area contributed by atoms with Crippen molar-refractivity contribution in [2.45, 2.75) is 71.6 Å². The number of hydrogen-bond acceptors (Lipinski definition) is 16. The minimum atomic E-state index is -1.28. The number of esters is 1. The summed E-state index contributed by atoms with van der Waals surface area (Å²) in [5, 5.41) is 1.14. The van der Waals surface area contributed by atoms with Gasteiger partial charge in [0, 0.05) is 80.0 Å². The zero-order valence-electron chi connectivity index (χ0n) is 44.2. The zero-order valence-corrected chi connectivity index (χ0v) is 46.6.